The molecule has 0 spiro atoms. The number of nitrogens with zero attached hydrogens (tertiary/aromatic N) is 2. The van der Waals surface area contributed by atoms with E-state index in [9.17, 15) is 18.8 Å². The van der Waals surface area contributed by atoms with Crippen LogP contribution in [0.2, 0.25) is 0 Å². The Bertz CT molecular complexity index is 1390. The summed E-state index contributed by atoms with van der Waals surface area (Å²) in [5, 5.41) is 2.70. The van der Waals surface area contributed by atoms with Crippen molar-refractivity contribution in [3.05, 3.63) is 99.2 Å². The van der Waals surface area contributed by atoms with Gasteiger partial charge in [0.15, 0.2) is 17.7 Å². The minimum absolute atomic E-state index is 0.0580. The lowest BCUT2D eigenvalue weighted by Gasteiger charge is -2.46. The molecule has 1 fully saturated rings. The van der Waals surface area contributed by atoms with Crippen molar-refractivity contribution in [2.75, 3.05) is 13.2 Å². The van der Waals surface area contributed by atoms with E-state index in [0.717, 1.165) is 5.56 Å². The van der Waals surface area contributed by atoms with Crippen LogP contribution in [0.4, 0.5) is 4.39 Å². The molecular weight excluding hydrogens is 477 g/mol. The Morgan fingerprint density at radius 3 is 2.57 bits per heavy atom. The van der Waals surface area contributed by atoms with Gasteiger partial charge in [0.1, 0.15) is 18.0 Å². The van der Waals surface area contributed by atoms with Gasteiger partial charge in [-0.1, -0.05) is 56.3 Å². The van der Waals surface area contributed by atoms with Gasteiger partial charge >= 0.3 is 0 Å². The molecule has 0 aliphatic carbocycles. The first-order chi connectivity index (χ1) is 17.7. The lowest BCUT2D eigenvalue weighted by atomic mass is 9.91. The molecule has 2 aliphatic heterocycles. The van der Waals surface area contributed by atoms with Gasteiger partial charge in [-0.2, -0.15) is 0 Å². The van der Waals surface area contributed by atoms with E-state index in [2.05, 4.69) is 5.32 Å². The van der Waals surface area contributed by atoms with Gasteiger partial charge in [0.25, 0.3) is 11.8 Å². The maximum absolute atomic E-state index is 13.6. The molecule has 0 unspecified atom stereocenters. The average molecular weight is 506 g/mol. The smallest absolute Gasteiger partial charge is 0.276 e. The van der Waals surface area contributed by atoms with E-state index in [0.29, 0.717) is 18.7 Å². The summed E-state index contributed by atoms with van der Waals surface area (Å²) in [7, 11) is 0. The summed E-state index contributed by atoms with van der Waals surface area (Å²) in [4.78, 5) is 41.9. The maximum Gasteiger partial charge on any atom is 0.276 e. The van der Waals surface area contributed by atoms with Crippen molar-refractivity contribution in [2.24, 2.45) is 5.41 Å². The second kappa shape index (κ2) is 9.82. The Hall–Kier alpha value is -3.98. The second-order valence-corrected chi connectivity index (χ2v) is 10.1. The third-order valence-corrected chi connectivity index (χ3v) is 6.50. The molecule has 2 aromatic carbocycles. The topological polar surface area (TPSA) is 89.9 Å². The predicted octanol–water partition coefficient (Wildman–Crippen LogP) is 3.33. The highest BCUT2D eigenvalue weighted by atomic mass is 19.1. The molecular formula is C28H28FN3O5. The number of carbonyl (C=O) groups is 2. The van der Waals surface area contributed by atoms with Crippen LogP contribution in [0.3, 0.4) is 0 Å². The molecule has 0 saturated carbocycles. The Kier molecular flexibility index (Phi) is 6.55. The summed E-state index contributed by atoms with van der Waals surface area (Å²) in [6.45, 7) is 5.41. The highest BCUT2D eigenvalue weighted by molar-refractivity contribution is 5.99. The van der Waals surface area contributed by atoms with Crippen LogP contribution >= 0.6 is 0 Å². The van der Waals surface area contributed by atoms with Gasteiger partial charge in [-0.15, -0.1) is 0 Å². The first-order valence-electron chi connectivity index (χ1n) is 12.1. The van der Waals surface area contributed by atoms with Crippen molar-refractivity contribution >= 4 is 11.8 Å². The fraction of sp³-hybridized carbons (Fsp3) is 0.321. The lowest BCUT2D eigenvalue weighted by molar-refractivity contribution is -0.137. The van der Waals surface area contributed by atoms with Crippen LogP contribution in [0.25, 0.3) is 0 Å². The molecule has 192 valence electrons. The zero-order chi connectivity index (χ0) is 26.2. The highest BCUT2D eigenvalue weighted by Crippen LogP contribution is 2.32. The molecule has 0 radical (unpaired) electrons. The van der Waals surface area contributed by atoms with E-state index >= 15 is 0 Å². The minimum Gasteiger partial charge on any atom is -0.483 e. The van der Waals surface area contributed by atoms with E-state index < -0.39 is 17.6 Å². The van der Waals surface area contributed by atoms with Crippen LogP contribution in [-0.2, 0) is 24.4 Å². The number of hydrogen-bond donors (Lipinski definition) is 1. The largest absolute Gasteiger partial charge is 0.483 e. The Morgan fingerprint density at radius 2 is 1.84 bits per heavy atom. The third-order valence-electron chi connectivity index (χ3n) is 6.50. The number of carbonyl (C=O) groups excluding carboxylic acids is 2. The fourth-order valence-corrected chi connectivity index (χ4v) is 4.59. The van der Waals surface area contributed by atoms with Gasteiger partial charge in [0.05, 0.1) is 13.2 Å². The molecule has 2 aliphatic rings. The zero-order valence-corrected chi connectivity index (χ0v) is 20.7. The van der Waals surface area contributed by atoms with E-state index in [-0.39, 0.29) is 53.8 Å². The molecule has 8 nitrogen and oxygen atoms in total. The number of ether oxygens (including phenoxy) is 2. The summed E-state index contributed by atoms with van der Waals surface area (Å²) in [6.07, 6.45) is 0.887. The first-order valence-corrected chi connectivity index (χ1v) is 12.1. The van der Waals surface area contributed by atoms with Crippen molar-refractivity contribution in [1.82, 2.24) is 14.8 Å². The molecule has 3 aromatic rings. The molecule has 5 rings (SSSR count). The Labute approximate surface area is 213 Å². The highest BCUT2D eigenvalue weighted by Gasteiger charge is 2.43. The van der Waals surface area contributed by atoms with Crippen molar-refractivity contribution in [3.8, 4) is 5.75 Å². The summed E-state index contributed by atoms with van der Waals surface area (Å²) >= 11 is 0. The van der Waals surface area contributed by atoms with Crippen LogP contribution in [-0.4, -0.2) is 40.7 Å². The van der Waals surface area contributed by atoms with Gasteiger partial charge in [-0.3, -0.25) is 14.4 Å². The average Bonchev–Trinajstić information content (AvgIpc) is 2.88. The van der Waals surface area contributed by atoms with Crippen molar-refractivity contribution in [1.29, 1.82) is 0 Å². The normalized spacial score (nSPS) is 18.1. The number of nitrogens with one attached hydrogen (secondary N) is 1. The molecule has 0 bridgehead atoms. The zero-order valence-electron chi connectivity index (χ0n) is 20.7. The molecule has 9 heteroatoms. The number of benzene rings is 2. The van der Waals surface area contributed by atoms with Gasteiger partial charge < -0.3 is 24.3 Å². The Morgan fingerprint density at radius 1 is 1.11 bits per heavy atom. The number of halogens is 1. The van der Waals surface area contributed by atoms with Gasteiger partial charge in [-0.05, 0) is 23.3 Å². The van der Waals surface area contributed by atoms with Crippen molar-refractivity contribution < 1.29 is 23.5 Å². The van der Waals surface area contributed by atoms with Crippen LogP contribution in [0.15, 0.2) is 65.6 Å². The van der Waals surface area contributed by atoms with Crippen LogP contribution in [0, 0.1) is 11.2 Å². The molecule has 1 atom stereocenters. The van der Waals surface area contributed by atoms with E-state index in [4.69, 9.17) is 9.47 Å². The van der Waals surface area contributed by atoms with Crippen molar-refractivity contribution in [3.63, 3.8) is 0 Å². The first kappa shape index (κ1) is 24.7. The molecule has 1 saturated heterocycles. The SMILES string of the molecule is CC1(C)CO[C@H]2Cn3cc(C(=O)NCc4ccc(F)cc4)c(=O)c(OCc4ccccc4)c3C(=O)N2C1. The summed E-state index contributed by atoms with van der Waals surface area (Å²) in [5.41, 5.74) is 0.551. The van der Waals surface area contributed by atoms with Gasteiger partial charge in [0.2, 0.25) is 5.43 Å². The van der Waals surface area contributed by atoms with Crippen molar-refractivity contribution in [2.45, 2.75) is 39.8 Å². The Balaban J connectivity index is 1.50. The van der Waals surface area contributed by atoms with E-state index in [1.54, 1.807) is 21.6 Å². The number of rotatable bonds is 6. The minimum atomic E-state index is -0.664. The number of fused-ring (bicyclic) bond motifs is 2. The van der Waals surface area contributed by atoms with Crippen LogP contribution in [0.1, 0.15) is 45.8 Å². The molecule has 3 heterocycles. The van der Waals surface area contributed by atoms with Gasteiger partial charge in [-0.25, -0.2) is 4.39 Å². The monoisotopic (exact) mass is 505 g/mol. The summed E-state index contributed by atoms with van der Waals surface area (Å²) in [5.74, 6) is -1.53. The molecule has 1 N–H and O–H groups in total. The van der Waals surface area contributed by atoms with Gasteiger partial charge in [0, 0.05) is 24.7 Å². The molecule has 1 aromatic heterocycles. The predicted molar refractivity (Wildman–Crippen MR) is 134 cm³/mol. The maximum atomic E-state index is 13.6. The second-order valence-electron chi connectivity index (χ2n) is 10.1. The third kappa shape index (κ3) is 5.13. The molecule has 37 heavy (non-hydrogen) atoms. The standard InChI is InChI=1S/C28H28FN3O5/c1-28(2)16-32-22(37-17-28)14-31-13-21(26(34)30-12-18-8-10-20(29)11-9-18)24(33)25(23(31)27(32)35)36-15-19-6-4-3-5-7-19/h3-11,13,22H,12,14-17H2,1-2H3,(H,30,34)/t22-/m0/s1. The van der Waals surface area contributed by atoms with Crippen LogP contribution < -0.4 is 15.5 Å². The number of aromatic nitrogens is 1. The lowest BCUT2D eigenvalue weighted by Crippen LogP contribution is -2.58. The van der Waals surface area contributed by atoms with Crippen LogP contribution in [0.5, 0.6) is 5.75 Å². The quantitative estimate of drug-likeness (QED) is 0.555. The summed E-state index contributed by atoms with van der Waals surface area (Å²) < 4.78 is 26.7. The number of hydrogen-bond acceptors (Lipinski definition) is 5. The van der Waals surface area contributed by atoms with E-state index in [1.165, 1.54) is 18.3 Å². The summed E-state index contributed by atoms with van der Waals surface area (Å²) in [6, 6.07) is 15.0. The number of amides is 2. The molecule has 2 amide bonds. The van der Waals surface area contributed by atoms with E-state index in [1.807, 2.05) is 44.2 Å². The fourth-order valence-electron chi connectivity index (χ4n) is 4.59. The number of pyridine rings is 1.